The minimum absolute atomic E-state index is 0.0571. The van der Waals surface area contributed by atoms with Crippen LogP contribution in [0.3, 0.4) is 0 Å². The quantitative estimate of drug-likeness (QED) is 0.474. The SMILES string of the molecule is C#CCC(N)C(=O)Nc1ccc(C)c([N+](=O)[O-])c1. The van der Waals surface area contributed by atoms with E-state index in [0.717, 1.165) is 0 Å². The van der Waals surface area contributed by atoms with Gasteiger partial charge in [0.15, 0.2) is 0 Å². The largest absolute Gasteiger partial charge is 0.324 e. The third-order valence-corrected chi connectivity index (χ3v) is 2.35. The van der Waals surface area contributed by atoms with Gasteiger partial charge in [-0.3, -0.25) is 14.9 Å². The number of nitrogens with two attached hydrogens (primary N) is 1. The van der Waals surface area contributed by atoms with Gasteiger partial charge in [-0.05, 0) is 13.0 Å². The number of nitro groups is 1. The first-order chi connectivity index (χ1) is 8.45. The normalized spacial score (nSPS) is 11.4. The fourth-order valence-corrected chi connectivity index (χ4v) is 1.34. The molecule has 1 aromatic rings. The average molecular weight is 247 g/mol. The van der Waals surface area contributed by atoms with Crippen LogP contribution in [0.4, 0.5) is 11.4 Å². The van der Waals surface area contributed by atoms with Gasteiger partial charge in [0.2, 0.25) is 5.91 Å². The lowest BCUT2D eigenvalue weighted by Gasteiger charge is -2.09. The van der Waals surface area contributed by atoms with Crippen LogP contribution < -0.4 is 11.1 Å². The number of nitrogens with zero attached hydrogens (tertiary/aromatic N) is 1. The number of hydrogen-bond donors (Lipinski definition) is 2. The molecule has 6 heteroatoms. The number of carbonyl (C=O) groups is 1. The lowest BCUT2D eigenvalue weighted by Crippen LogP contribution is -2.35. The second-order valence-electron chi connectivity index (χ2n) is 3.76. The minimum Gasteiger partial charge on any atom is -0.324 e. The second-order valence-corrected chi connectivity index (χ2v) is 3.76. The van der Waals surface area contributed by atoms with Gasteiger partial charge >= 0.3 is 0 Å². The summed E-state index contributed by atoms with van der Waals surface area (Å²) in [6, 6.07) is 3.59. The van der Waals surface area contributed by atoms with Crippen LogP contribution in [-0.4, -0.2) is 16.9 Å². The van der Waals surface area contributed by atoms with Crippen molar-refractivity contribution < 1.29 is 9.72 Å². The van der Waals surface area contributed by atoms with Gasteiger partial charge in [-0.2, -0.15) is 0 Å². The lowest BCUT2D eigenvalue weighted by atomic mass is 10.1. The van der Waals surface area contributed by atoms with Crippen LogP contribution in [0.15, 0.2) is 18.2 Å². The van der Waals surface area contributed by atoms with Crippen molar-refractivity contribution in [1.29, 1.82) is 0 Å². The molecule has 1 aromatic carbocycles. The number of terminal acetylenes is 1. The Labute approximate surface area is 104 Å². The Morgan fingerprint density at radius 3 is 2.89 bits per heavy atom. The van der Waals surface area contributed by atoms with Crippen molar-refractivity contribution >= 4 is 17.3 Å². The number of aryl methyl sites for hydroxylation is 1. The summed E-state index contributed by atoms with van der Waals surface area (Å²) in [6.07, 6.45) is 5.16. The fraction of sp³-hybridized carbons (Fsp3) is 0.250. The van der Waals surface area contributed by atoms with Crippen molar-refractivity contribution in [1.82, 2.24) is 0 Å². The Morgan fingerprint density at radius 2 is 2.33 bits per heavy atom. The van der Waals surface area contributed by atoms with E-state index < -0.39 is 16.9 Å². The first-order valence-corrected chi connectivity index (χ1v) is 5.20. The predicted molar refractivity (Wildman–Crippen MR) is 67.9 cm³/mol. The maximum absolute atomic E-state index is 11.6. The number of amides is 1. The molecule has 0 saturated heterocycles. The third-order valence-electron chi connectivity index (χ3n) is 2.35. The predicted octanol–water partition coefficient (Wildman–Crippen LogP) is 1.19. The lowest BCUT2D eigenvalue weighted by molar-refractivity contribution is -0.385. The summed E-state index contributed by atoms with van der Waals surface area (Å²) in [4.78, 5) is 21.8. The second kappa shape index (κ2) is 5.80. The van der Waals surface area contributed by atoms with Crippen molar-refractivity contribution in [3.05, 3.63) is 33.9 Å². The Balaban J connectivity index is 2.86. The molecular weight excluding hydrogens is 234 g/mol. The van der Waals surface area contributed by atoms with Crippen LogP contribution >= 0.6 is 0 Å². The molecule has 0 heterocycles. The van der Waals surface area contributed by atoms with Gasteiger partial charge < -0.3 is 11.1 Å². The zero-order valence-corrected chi connectivity index (χ0v) is 9.84. The highest BCUT2D eigenvalue weighted by molar-refractivity contribution is 5.95. The number of nitro benzene ring substituents is 1. The van der Waals surface area contributed by atoms with Gasteiger partial charge in [-0.25, -0.2) is 0 Å². The van der Waals surface area contributed by atoms with Gasteiger partial charge in [0.05, 0.1) is 11.0 Å². The van der Waals surface area contributed by atoms with E-state index in [9.17, 15) is 14.9 Å². The molecule has 94 valence electrons. The smallest absolute Gasteiger partial charge is 0.274 e. The maximum Gasteiger partial charge on any atom is 0.274 e. The van der Waals surface area contributed by atoms with E-state index in [1.165, 1.54) is 6.07 Å². The molecular formula is C12H13N3O3. The van der Waals surface area contributed by atoms with Crippen molar-refractivity contribution in [2.24, 2.45) is 5.73 Å². The molecule has 1 atom stereocenters. The Bertz CT molecular complexity index is 520. The summed E-state index contributed by atoms with van der Waals surface area (Å²) in [5, 5.41) is 13.2. The van der Waals surface area contributed by atoms with E-state index in [2.05, 4.69) is 11.2 Å². The number of rotatable bonds is 4. The Morgan fingerprint density at radius 1 is 1.67 bits per heavy atom. The van der Waals surface area contributed by atoms with E-state index in [-0.39, 0.29) is 12.1 Å². The maximum atomic E-state index is 11.6. The molecule has 1 unspecified atom stereocenters. The van der Waals surface area contributed by atoms with E-state index in [1.807, 2.05) is 0 Å². The number of benzene rings is 1. The van der Waals surface area contributed by atoms with Crippen molar-refractivity contribution in [3.63, 3.8) is 0 Å². The van der Waals surface area contributed by atoms with E-state index in [0.29, 0.717) is 11.3 Å². The molecule has 1 amide bonds. The molecule has 0 spiro atoms. The molecule has 18 heavy (non-hydrogen) atoms. The Hall–Kier alpha value is -2.39. The third kappa shape index (κ3) is 3.30. The molecule has 0 aliphatic heterocycles. The molecule has 0 radical (unpaired) electrons. The molecule has 3 N–H and O–H groups in total. The van der Waals surface area contributed by atoms with Crippen LogP contribution in [0.5, 0.6) is 0 Å². The van der Waals surface area contributed by atoms with E-state index in [4.69, 9.17) is 12.2 Å². The molecule has 1 rings (SSSR count). The summed E-state index contributed by atoms with van der Waals surface area (Å²) < 4.78 is 0. The fourth-order valence-electron chi connectivity index (χ4n) is 1.34. The number of carbonyl (C=O) groups excluding carboxylic acids is 1. The zero-order valence-electron chi connectivity index (χ0n) is 9.84. The first-order valence-electron chi connectivity index (χ1n) is 5.20. The highest BCUT2D eigenvalue weighted by Crippen LogP contribution is 2.22. The minimum atomic E-state index is -0.824. The molecule has 6 nitrogen and oxygen atoms in total. The molecule has 0 aliphatic carbocycles. The van der Waals surface area contributed by atoms with Crippen LogP contribution in [0.1, 0.15) is 12.0 Å². The van der Waals surface area contributed by atoms with E-state index in [1.54, 1.807) is 19.1 Å². The van der Waals surface area contributed by atoms with Crippen molar-refractivity contribution in [2.45, 2.75) is 19.4 Å². The Kier molecular flexibility index (Phi) is 4.40. The van der Waals surface area contributed by atoms with Gasteiger partial charge in [0.25, 0.3) is 5.69 Å². The van der Waals surface area contributed by atoms with E-state index >= 15 is 0 Å². The topological polar surface area (TPSA) is 98.3 Å². The summed E-state index contributed by atoms with van der Waals surface area (Å²) in [5.41, 5.74) is 6.30. The van der Waals surface area contributed by atoms with Crippen LogP contribution in [0.25, 0.3) is 0 Å². The van der Waals surface area contributed by atoms with Gasteiger partial charge in [-0.15, -0.1) is 12.3 Å². The highest BCUT2D eigenvalue weighted by Gasteiger charge is 2.15. The van der Waals surface area contributed by atoms with Crippen LogP contribution in [-0.2, 0) is 4.79 Å². The molecule has 0 bridgehead atoms. The highest BCUT2D eigenvalue weighted by atomic mass is 16.6. The van der Waals surface area contributed by atoms with Crippen molar-refractivity contribution in [3.8, 4) is 12.3 Å². The first kappa shape index (κ1) is 13.7. The van der Waals surface area contributed by atoms with Crippen LogP contribution in [0.2, 0.25) is 0 Å². The molecule has 0 fully saturated rings. The summed E-state index contributed by atoms with van der Waals surface area (Å²) in [5.74, 6) is 1.81. The zero-order chi connectivity index (χ0) is 13.7. The molecule has 0 aliphatic rings. The molecule has 0 saturated carbocycles. The number of anilines is 1. The monoisotopic (exact) mass is 247 g/mol. The summed E-state index contributed by atoms with van der Waals surface area (Å²) in [7, 11) is 0. The van der Waals surface area contributed by atoms with Gasteiger partial charge in [-0.1, -0.05) is 6.07 Å². The summed E-state index contributed by atoms with van der Waals surface area (Å²) >= 11 is 0. The van der Waals surface area contributed by atoms with Gasteiger partial charge in [0, 0.05) is 23.7 Å². The standard InChI is InChI=1S/C12H13N3O3/c1-3-4-10(13)12(16)14-9-6-5-8(2)11(7-9)15(17)18/h1,5-7,10H,4,13H2,2H3,(H,14,16). The summed E-state index contributed by atoms with van der Waals surface area (Å²) in [6.45, 7) is 1.62. The van der Waals surface area contributed by atoms with Crippen LogP contribution in [0, 0.1) is 29.4 Å². The average Bonchev–Trinajstić information content (AvgIpc) is 2.31. The van der Waals surface area contributed by atoms with Gasteiger partial charge in [0.1, 0.15) is 0 Å². The van der Waals surface area contributed by atoms with Crippen molar-refractivity contribution in [2.75, 3.05) is 5.32 Å². The number of nitrogens with one attached hydrogen (secondary N) is 1. The molecule has 0 aromatic heterocycles. The number of hydrogen-bond acceptors (Lipinski definition) is 4.